The zero-order chi connectivity index (χ0) is 30.6. The number of methoxy groups -OCH3 is 1. The van der Waals surface area contributed by atoms with Gasteiger partial charge in [0.15, 0.2) is 5.82 Å². The molecule has 0 atom stereocenters. The Morgan fingerprint density at radius 1 is 1.17 bits per heavy atom. The highest BCUT2D eigenvalue weighted by atomic mass is 19.4. The second-order valence-corrected chi connectivity index (χ2v) is 9.47. The summed E-state index contributed by atoms with van der Waals surface area (Å²) in [5.41, 5.74) is 1.23. The van der Waals surface area contributed by atoms with Crippen molar-refractivity contribution in [1.29, 1.82) is 5.26 Å². The van der Waals surface area contributed by atoms with Crippen LogP contribution in [0.4, 0.5) is 36.2 Å². The van der Waals surface area contributed by atoms with Crippen molar-refractivity contribution >= 4 is 40.0 Å². The number of anilines is 4. The number of rotatable bonds is 10. The summed E-state index contributed by atoms with van der Waals surface area (Å²) >= 11 is 0. The fourth-order valence-electron chi connectivity index (χ4n) is 4.09. The van der Waals surface area contributed by atoms with Gasteiger partial charge in [-0.3, -0.25) is 9.36 Å². The molecule has 0 fully saturated rings. The number of likely N-dealkylation sites (N-methyl/N-ethyl adjacent to an activating group) is 2. The molecule has 0 aliphatic rings. The normalized spacial score (nSPS) is 11.3. The fourth-order valence-corrected chi connectivity index (χ4v) is 4.09. The van der Waals surface area contributed by atoms with Gasteiger partial charge in [-0.15, -0.1) is 0 Å². The molecule has 2 heterocycles. The van der Waals surface area contributed by atoms with Crippen molar-refractivity contribution < 1.29 is 22.7 Å². The number of carbonyl (C=O) groups is 1. The van der Waals surface area contributed by atoms with Crippen LogP contribution in [0.2, 0.25) is 0 Å². The number of imidazole rings is 1. The van der Waals surface area contributed by atoms with Gasteiger partial charge in [0.1, 0.15) is 17.6 Å². The number of nitriles is 1. The summed E-state index contributed by atoms with van der Waals surface area (Å²) in [5, 5.41) is 14.9. The average Bonchev–Trinajstić information content (AvgIpc) is 3.38. The smallest absolute Gasteiger partial charge is 0.421 e. The molecule has 0 radical (unpaired) electrons. The first-order valence-corrected chi connectivity index (χ1v) is 12.5. The Hall–Kier alpha value is -5.16. The first-order chi connectivity index (χ1) is 19.9. The molecular weight excluding hydrogens is 551 g/mol. The van der Waals surface area contributed by atoms with Gasteiger partial charge in [-0.2, -0.15) is 23.4 Å². The zero-order valence-corrected chi connectivity index (χ0v) is 23.3. The van der Waals surface area contributed by atoms with E-state index in [1.807, 2.05) is 37.0 Å². The number of nitrogens with zero attached hydrogens (tertiary/aromatic N) is 7. The highest BCUT2D eigenvalue weighted by Crippen LogP contribution is 2.39. The Morgan fingerprint density at radius 2 is 1.93 bits per heavy atom. The minimum atomic E-state index is -4.77. The first-order valence-electron chi connectivity index (χ1n) is 12.5. The SMILES string of the molecule is C=CC(=O)Nc1cc(Nc2ncc(C(F)(F)F)c(-n3cnc4cc(C#N)ccc43)n2)c(OC)cc1N(C)CCN(C)C. The van der Waals surface area contributed by atoms with Gasteiger partial charge in [0.05, 0.1) is 46.8 Å². The van der Waals surface area contributed by atoms with E-state index in [0.29, 0.717) is 52.2 Å². The number of alkyl halides is 3. The third-order valence-corrected chi connectivity index (χ3v) is 6.28. The average molecular weight is 580 g/mol. The third-order valence-electron chi connectivity index (χ3n) is 6.28. The number of benzene rings is 2. The fraction of sp³-hybridized carbons (Fsp3) is 0.250. The number of ether oxygens (including phenoxy) is 1. The number of halogens is 3. The molecule has 2 aromatic carbocycles. The van der Waals surface area contributed by atoms with Crippen LogP contribution in [-0.2, 0) is 11.0 Å². The van der Waals surface area contributed by atoms with Crippen molar-refractivity contribution in [2.45, 2.75) is 6.18 Å². The van der Waals surface area contributed by atoms with Gasteiger partial charge in [-0.1, -0.05) is 6.58 Å². The Labute approximate surface area is 239 Å². The minimum absolute atomic E-state index is 0.165. The number of amides is 1. The van der Waals surface area contributed by atoms with E-state index in [2.05, 4.69) is 32.2 Å². The van der Waals surface area contributed by atoms with Gasteiger partial charge in [-0.05, 0) is 44.4 Å². The number of carbonyl (C=O) groups excluding carboxylic acids is 1. The van der Waals surface area contributed by atoms with Crippen LogP contribution in [-0.4, -0.2) is 71.7 Å². The van der Waals surface area contributed by atoms with Crippen LogP contribution in [0.3, 0.4) is 0 Å². The maximum Gasteiger partial charge on any atom is 0.421 e. The van der Waals surface area contributed by atoms with Gasteiger partial charge in [-0.25, -0.2) is 9.97 Å². The number of aromatic nitrogens is 4. The van der Waals surface area contributed by atoms with Crippen LogP contribution in [0.15, 0.2) is 55.5 Å². The maximum absolute atomic E-state index is 14.0. The van der Waals surface area contributed by atoms with Crippen LogP contribution < -0.4 is 20.3 Å². The van der Waals surface area contributed by atoms with E-state index in [1.54, 1.807) is 12.1 Å². The van der Waals surface area contributed by atoms with E-state index in [0.717, 1.165) is 12.6 Å². The summed E-state index contributed by atoms with van der Waals surface area (Å²) in [4.78, 5) is 28.4. The van der Waals surface area contributed by atoms with Gasteiger partial charge in [0, 0.05) is 32.4 Å². The number of hydrogen-bond acceptors (Lipinski definition) is 9. The standard InChI is InChI=1S/C28H28F3N9O2/c1-6-25(41)35-20-12-21(24(42-5)13-23(20)39(4)10-9-38(2)3)36-27-33-15-18(28(29,30)31)26(37-27)40-16-34-19-11-17(14-32)7-8-22(19)40/h6-8,11-13,15-16H,1,9-10H2,2-5H3,(H,35,41)(H,33,36,37). The second-order valence-electron chi connectivity index (χ2n) is 9.47. The molecule has 0 saturated carbocycles. The molecule has 0 aliphatic carbocycles. The van der Waals surface area contributed by atoms with Crippen molar-refractivity contribution in [3.63, 3.8) is 0 Å². The quantitative estimate of drug-likeness (QED) is 0.260. The van der Waals surface area contributed by atoms with Gasteiger partial charge >= 0.3 is 6.18 Å². The minimum Gasteiger partial charge on any atom is -0.494 e. The molecule has 11 nitrogen and oxygen atoms in total. The topological polar surface area (TPSA) is 124 Å². The predicted molar refractivity (Wildman–Crippen MR) is 153 cm³/mol. The molecule has 218 valence electrons. The molecule has 4 aromatic rings. The summed E-state index contributed by atoms with van der Waals surface area (Å²) in [6.45, 7) is 4.86. The van der Waals surface area contributed by atoms with E-state index >= 15 is 0 Å². The molecule has 42 heavy (non-hydrogen) atoms. The summed E-state index contributed by atoms with van der Waals surface area (Å²) in [6, 6.07) is 9.71. The summed E-state index contributed by atoms with van der Waals surface area (Å²) in [7, 11) is 7.18. The van der Waals surface area contributed by atoms with E-state index in [-0.39, 0.29) is 5.95 Å². The lowest BCUT2D eigenvalue weighted by Gasteiger charge is -2.26. The first kappa shape index (κ1) is 29.8. The molecule has 0 unspecified atom stereocenters. The Bertz CT molecular complexity index is 1680. The van der Waals surface area contributed by atoms with Crippen molar-refractivity contribution in [3.05, 3.63) is 66.6 Å². The highest BCUT2D eigenvalue weighted by molar-refractivity contribution is 6.02. The lowest BCUT2D eigenvalue weighted by Crippen LogP contribution is -2.29. The molecule has 14 heteroatoms. The molecule has 1 amide bonds. The van der Waals surface area contributed by atoms with E-state index < -0.39 is 23.5 Å². The van der Waals surface area contributed by atoms with Crippen molar-refractivity contribution in [2.75, 3.05) is 56.9 Å². The van der Waals surface area contributed by atoms with E-state index in [9.17, 15) is 18.0 Å². The Balaban J connectivity index is 1.80. The number of hydrogen-bond donors (Lipinski definition) is 2. The number of nitrogens with one attached hydrogen (secondary N) is 2. The van der Waals surface area contributed by atoms with E-state index in [1.165, 1.54) is 36.2 Å². The second kappa shape index (κ2) is 12.1. The predicted octanol–water partition coefficient (Wildman–Crippen LogP) is 4.58. The molecule has 0 bridgehead atoms. The van der Waals surface area contributed by atoms with Gasteiger partial charge in [0.25, 0.3) is 0 Å². The molecule has 2 aromatic heterocycles. The lowest BCUT2D eigenvalue weighted by atomic mass is 10.2. The van der Waals surface area contributed by atoms with Crippen LogP contribution >= 0.6 is 0 Å². The Kier molecular flexibility index (Phi) is 8.62. The number of fused-ring (bicyclic) bond motifs is 1. The molecule has 4 rings (SSSR count). The highest BCUT2D eigenvalue weighted by Gasteiger charge is 2.36. The molecular formula is C28H28F3N9O2. The summed E-state index contributed by atoms with van der Waals surface area (Å²) < 4.78 is 48.8. The van der Waals surface area contributed by atoms with Crippen molar-refractivity contribution in [3.8, 4) is 17.6 Å². The summed E-state index contributed by atoms with van der Waals surface area (Å²) in [5.74, 6) is -0.749. The summed E-state index contributed by atoms with van der Waals surface area (Å²) in [6.07, 6.45) is -1.76. The van der Waals surface area contributed by atoms with Crippen molar-refractivity contribution in [2.24, 2.45) is 0 Å². The zero-order valence-electron chi connectivity index (χ0n) is 23.3. The lowest BCUT2D eigenvalue weighted by molar-refractivity contribution is -0.137. The van der Waals surface area contributed by atoms with Crippen LogP contribution in [0.25, 0.3) is 16.9 Å². The molecule has 0 spiro atoms. The third kappa shape index (κ3) is 6.42. The van der Waals surface area contributed by atoms with Crippen LogP contribution in [0, 0.1) is 11.3 Å². The molecule has 0 aliphatic heterocycles. The van der Waals surface area contributed by atoms with Gasteiger partial charge < -0.3 is 25.2 Å². The van der Waals surface area contributed by atoms with Gasteiger partial charge in [0.2, 0.25) is 11.9 Å². The molecule has 0 saturated heterocycles. The van der Waals surface area contributed by atoms with E-state index in [4.69, 9.17) is 10.00 Å². The monoisotopic (exact) mass is 579 g/mol. The van der Waals surface area contributed by atoms with Crippen molar-refractivity contribution in [1.82, 2.24) is 24.4 Å². The van der Waals surface area contributed by atoms with Crippen LogP contribution in [0.1, 0.15) is 11.1 Å². The molecule has 2 N–H and O–H groups in total. The Morgan fingerprint density at radius 3 is 2.57 bits per heavy atom. The largest absolute Gasteiger partial charge is 0.494 e. The maximum atomic E-state index is 14.0. The van der Waals surface area contributed by atoms with Crippen LogP contribution in [0.5, 0.6) is 5.75 Å².